The van der Waals surface area contributed by atoms with Gasteiger partial charge in [0.2, 0.25) is 0 Å². The van der Waals surface area contributed by atoms with Crippen LogP contribution in [0, 0.1) is 0 Å². The van der Waals surface area contributed by atoms with Crippen LogP contribution in [0.4, 0.5) is 0 Å². The number of aromatic nitrogens is 2. The van der Waals surface area contributed by atoms with Crippen LogP contribution in [0.3, 0.4) is 0 Å². The highest BCUT2D eigenvalue weighted by Gasteiger charge is 2.18. The van der Waals surface area contributed by atoms with Gasteiger partial charge in [0.1, 0.15) is 0 Å². The molecule has 0 bridgehead atoms. The fourth-order valence-electron chi connectivity index (χ4n) is 3.50. The van der Waals surface area contributed by atoms with Crippen molar-refractivity contribution in [2.75, 3.05) is 39.3 Å². The van der Waals surface area contributed by atoms with Crippen LogP contribution in [0.1, 0.15) is 52.0 Å². The average Bonchev–Trinajstić information content (AvgIpc) is 3.05. The Morgan fingerprint density at radius 1 is 1.00 bits per heavy atom. The van der Waals surface area contributed by atoms with Crippen molar-refractivity contribution in [1.29, 1.82) is 0 Å². The first-order chi connectivity index (χ1) is 11.0. The van der Waals surface area contributed by atoms with E-state index in [4.69, 9.17) is 0 Å². The molecule has 1 aromatic heterocycles. The Labute approximate surface area is 141 Å². The zero-order chi connectivity index (χ0) is 16.3. The average molecular weight is 316 g/mol. The monoisotopic (exact) mass is 316 g/mol. The number of rotatable bonds is 4. The van der Waals surface area contributed by atoms with Crippen LogP contribution in [-0.2, 0) is 5.54 Å². The van der Waals surface area contributed by atoms with Crippen molar-refractivity contribution >= 4 is 5.57 Å². The van der Waals surface area contributed by atoms with Gasteiger partial charge < -0.3 is 4.90 Å². The van der Waals surface area contributed by atoms with E-state index in [2.05, 4.69) is 52.6 Å². The minimum absolute atomic E-state index is 0.0634. The highest BCUT2D eigenvalue weighted by atomic mass is 15.3. The van der Waals surface area contributed by atoms with Crippen LogP contribution in [0.2, 0.25) is 0 Å². The molecule has 2 aliphatic heterocycles. The molecule has 0 atom stereocenters. The number of likely N-dealkylation sites (tertiary alicyclic amines) is 1. The Morgan fingerprint density at radius 3 is 2.35 bits per heavy atom. The van der Waals surface area contributed by atoms with E-state index in [9.17, 15) is 0 Å². The largest absolute Gasteiger partial charge is 0.302 e. The van der Waals surface area contributed by atoms with Gasteiger partial charge in [0, 0.05) is 37.9 Å². The van der Waals surface area contributed by atoms with E-state index in [0.717, 1.165) is 13.0 Å². The van der Waals surface area contributed by atoms with E-state index in [1.54, 1.807) is 0 Å². The predicted molar refractivity (Wildman–Crippen MR) is 96.5 cm³/mol. The van der Waals surface area contributed by atoms with Gasteiger partial charge in [-0.15, -0.1) is 0 Å². The minimum atomic E-state index is 0.0634. The fourth-order valence-corrected chi connectivity index (χ4v) is 3.50. The van der Waals surface area contributed by atoms with Gasteiger partial charge in [-0.2, -0.15) is 5.10 Å². The zero-order valence-corrected chi connectivity index (χ0v) is 15.1. The van der Waals surface area contributed by atoms with Crippen molar-refractivity contribution < 1.29 is 0 Å². The lowest BCUT2D eigenvalue weighted by Gasteiger charge is -2.31. The van der Waals surface area contributed by atoms with Gasteiger partial charge in [-0.05, 0) is 58.7 Å². The molecule has 0 unspecified atom stereocenters. The molecular formula is C19H32N4. The standard InChI is InChI=1S/C19H32N4/c1-19(2,3)23-16-18(15-20-23)17-7-11-22(12-8-17)14-13-21-9-5-4-6-10-21/h7,15-16H,4-6,8-14H2,1-3H3. The molecule has 0 aliphatic carbocycles. The Hall–Kier alpha value is -1.13. The summed E-state index contributed by atoms with van der Waals surface area (Å²) in [6.45, 7) is 13.9. The highest BCUT2D eigenvalue weighted by molar-refractivity contribution is 5.65. The third kappa shape index (κ3) is 4.45. The summed E-state index contributed by atoms with van der Waals surface area (Å²) in [4.78, 5) is 5.22. The van der Waals surface area contributed by atoms with E-state index in [1.165, 1.54) is 63.1 Å². The molecule has 4 nitrogen and oxygen atoms in total. The molecule has 0 aromatic carbocycles. The molecular weight excluding hydrogens is 284 g/mol. The van der Waals surface area contributed by atoms with Gasteiger partial charge in [0.25, 0.3) is 0 Å². The van der Waals surface area contributed by atoms with E-state index < -0.39 is 0 Å². The molecule has 3 heterocycles. The SMILES string of the molecule is CC(C)(C)n1cc(C2=CCN(CCN3CCCCC3)CC2)cn1. The molecule has 0 radical (unpaired) electrons. The Balaban J connectivity index is 1.50. The van der Waals surface area contributed by atoms with Gasteiger partial charge in [-0.3, -0.25) is 9.58 Å². The molecule has 0 N–H and O–H groups in total. The lowest BCUT2D eigenvalue weighted by molar-refractivity contribution is 0.188. The van der Waals surface area contributed by atoms with Crippen LogP contribution < -0.4 is 0 Å². The molecule has 0 amide bonds. The molecule has 1 aromatic rings. The molecule has 0 spiro atoms. The Bertz CT molecular complexity index is 532. The van der Waals surface area contributed by atoms with Gasteiger partial charge in [-0.1, -0.05) is 12.5 Å². The summed E-state index contributed by atoms with van der Waals surface area (Å²) < 4.78 is 2.08. The van der Waals surface area contributed by atoms with E-state index in [-0.39, 0.29) is 5.54 Å². The minimum Gasteiger partial charge on any atom is -0.302 e. The van der Waals surface area contributed by atoms with Gasteiger partial charge in [-0.25, -0.2) is 0 Å². The summed E-state index contributed by atoms with van der Waals surface area (Å²) in [5.41, 5.74) is 2.83. The first-order valence-electron chi connectivity index (χ1n) is 9.22. The summed E-state index contributed by atoms with van der Waals surface area (Å²) in [6.07, 6.45) is 12.0. The summed E-state index contributed by atoms with van der Waals surface area (Å²) in [5.74, 6) is 0. The second-order valence-corrected chi connectivity index (χ2v) is 8.03. The Morgan fingerprint density at radius 2 is 1.74 bits per heavy atom. The molecule has 3 rings (SSSR count). The first kappa shape index (κ1) is 16.7. The maximum absolute atomic E-state index is 4.53. The molecule has 128 valence electrons. The third-order valence-electron chi connectivity index (χ3n) is 5.12. The highest BCUT2D eigenvalue weighted by Crippen LogP contribution is 2.24. The van der Waals surface area contributed by atoms with E-state index in [1.807, 2.05) is 6.20 Å². The number of piperidine rings is 1. The van der Waals surface area contributed by atoms with E-state index >= 15 is 0 Å². The van der Waals surface area contributed by atoms with Crippen molar-refractivity contribution in [1.82, 2.24) is 19.6 Å². The fraction of sp³-hybridized carbons (Fsp3) is 0.737. The molecule has 4 heteroatoms. The van der Waals surface area contributed by atoms with Crippen LogP contribution >= 0.6 is 0 Å². The normalized spacial score (nSPS) is 21.4. The predicted octanol–water partition coefficient (Wildman–Crippen LogP) is 3.21. The van der Waals surface area contributed by atoms with Gasteiger partial charge >= 0.3 is 0 Å². The number of nitrogens with zero attached hydrogens (tertiary/aromatic N) is 4. The molecule has 2 aliphatic rings. The Kier molecular flexibility index (Phi) is 5.22. The van der Waals surface area contributed by atoms with Crippen LogP contribution in [-0.4, -0.2) is 58.8 Å². The zero-order valence-electron chi connectivity index (χ0n) is 15.1. The number of hydrogen-bond donors (Lipinski definition) is 0. The summed E-state index contributed by atoms with van der Waals surface area (Å²) in [6, 6.07) is 0. The van der Waals surface area contributed by atoms with Crippen molar-refractivity contribution in [2.45, 2.75) is 52.0 Å². The topological polar surface area (TPSA) is 24.3 Å². The van der Waals surface area contributed by atoms with Crippen molar-refractivity contribution in [2.24, 2.45) is 0 Å². The summed E-state index contributed by atoms with van der Waals surface area (Å²) in [7, 11) is 0. The second kappa shape index (κ2) is 7.18. The maximum Gasteiger partial charge on any atom is 0.0565 e. The van der Waals surface area contributed by atoms with Crippen molar-refractivity contribution in [3.63, 3.8) is 0 Å². The third-order valence-corrected chi connectivity index (χ3v) is 5.12. The molecule has 1 saturated heterocycles. The smallest absolute Gasteiger partial charge is 0.0565 e. The van der Waals surface area contributed by atoms with Crippen LogP contribution in [0.15, 0.2) is 18.5 Å². The van der Waals surface area contributed by atoms with Gasteiger partial charge in [0.15, 0.2) is 0 Å². The quantitative estimate of drug-likeness (QED) is 0.852. The lowest BCUT2D eigenvalue weighted by Crippen LogP contribution is -2.39. The van der Waals surface area contributed by atoms with Crippen LogP contribution in [0.25, 0.3) is 5.57 Å². The first-order valence-corrected chi connectivity index (χ1v) is 9.22. The van der Waals surface area contributed by atoms with Gasteiger partial charge in [0.05, 0.1) is 11.7 Å². The second-order valence-electron chi connectivity index (χ2n) is 8.03. The van der Waals surface area contributed by atoms with Crippen molar-refractivity contribution in [3.8, 4) is 0 Å². The van der Waals surface area contributed by atoms with E-state index in [0.29, 0.717) is 0 Å². The van der Waals surface area contributed by atoms with Crippen LogP contribution in [0.5, 0.6) is 0 Å². The lowest BCUT2D eigenvalue weighted by atomic mass is 10.0. The molecule has 1 fully saturated rings. The maximum atomic E-state index is 4.53. The molecule has 23 heavy (non-hydrogen) atoms. The summed E-state index contributed by atoms with van der Waals surface area (Å²) >= 11 is 0. The van der Waals surface area contributed by atoms with Crippen molar-refractivity contribution in [3.05, 3.63) is 24.0 Å². The summed E-state index contributed by atoms with van der Waals surface area (Å²) in [5, 5.41) is 4.53. The number of hydrogen-bond acceptors (Lipinski definition) is 3. The molecule has 0 saturated carbocycles.